The predicted molar refractivity (Wildman–Crippen MR) is 70.9 cm³/mol. The van der Waals surface area contributed by atoms with E-state index in [-0.39, 0.29) is 5.56 Å². The van der Waals surface area contributed by atoms with E-state index in [2.05, 4.69) is 10.3 Å². The molecule has 1 aliphatic heterocycles. The SMILES string of the molecule is CCn1ccnc(NCCC2CCCCO2)c1=O. The van der Waals surface area contributed by atoms with Crippen molar-refractivity contribution in [3.05, 3.63) is 22.7 Å². The lowest BCUT2D eigenvalue weighted by Gasteiger charge is -2.22. The Hall–Kier alpha value is -1.36. The Labute approximate surface area is 107 Å². The van der Waals surface area contributed by atoms with Gasteiger partial charge in [0.1, 0.15) is 0 Å². The van der Waals surface area contributed by atoms with Crippen LogP contribution in [-0.4, -0.2) is 28.8 Å². The molecule has 0 aliphatic carbocycles. The van der Waals surface area contributed by atoms with E-state index in [1.165, 1.54) is 12.8 Å². The smallest absolute Gasteiger partial charge is 0.293 e. The molecule has 0 amide bonds. The fraction of sp³-hybridized carbons (Fsp3) is 0.692. The quantitative estimate of drug-likeness (QED) is 0.864. The van der Waals surface area contributed by atoms with Gasteiger partial charge in [0.25, 0.3) is 5.56 Å². The molecular formula is C13H21N3O2. The van der Waals surface area contributed by atoms with E-state index in [0.717, 1.165) is 26.0 Å². The number of aryl methyl sites for hydroxylation is 1. The van der Waals surface area contributed by atoms with Crippen molar-refractivity contribution in [2.45, 2.75) is 45.3 Å². The minimum atomic E-state index is -0.0513. The zero-order valence-electron chi connectivity index (χ0n) is 10.9. The number of hydrogen-bond acceptors (Lipinski definition) is 4. The summed E-state index contributed by atoms with van der Waals surface area (Å²) in [4.78, 5) is 16.0. The maximum Gasteiger partial charge on any atom is 0.293 e. The van der Waals surface area contributed by atoms with Gasteiger partial charge in [0.05, 0.1) is 6.10 Å². The third-order valence-corrected chi connectivity index (χ3v) is 3.29. The van der Waals surface area contributed by atoms with Gasteiger partial charge in [0.2, 0.25) is 0 Å². The molecule has 5 nitrogen and oxygen atoms in total. The highest BCUT2D eigenvalue weighted by Crippen LogP contribution is 2.15. The Balaban J connectivity index is 1.84. The fourth-order valence-electron chi connectivity index (χ4n) is 2.20. The zero-order valence-corrected chi connectivity index (χ0v) is 10.9. The van der Waals surface area contributed by atoms with Gasteiger partial charge in [-0.15, -0.1) is 0 Å². The highest BCUT2D eigenvalue weighted by atomic mass is 16.5. The lowest BCUT2D eigenvalue weighted by molar-refractivity contribution is 0.0134. The van der Waals surface area contributed by atoms with Crippen LogP contribution >= 0.6 is 0 Å². The Morgan fingerprint density at radius 1 is 1.56 bits per heavy atom. The van der Waals surface area contributed by atoms with Gasteiger partial charge < -0.3 is 14.6 Å². The molecule has 0 saturated carbocycles. The summed E-state index contributed by atoms with van der Waals surface area (Å²) in [6.45, 7) is 4.22. The van der Waals surface area contributed by atoms with Crippen LogP contribution in [0.2, 0.25) is 0 Å². The summed E-state index contributed by atoms with van der Waals surface area (Å²) < 4.78 is 7.29. The molecule has 0 spiro atoms. The molecule has 1 aromatic rings. The Kier molecular flexibility index (Phi) is 4.75. The predicted octanol–water partition coefficient (Wildman–Crippen LogP) is 1.63. The van der Waals surface area contributed by atoms with Crippen molar-refractivity contribution in [3.8, 4) is 0 Å². The largest absolute Gasteiger partial charge is 0.378 e. The van der Waals surface area contributed by atoms with Gasteiger partial charge in [-0.3, -0.25) is 4.79 Å². The molecule has 1 fully saturated rings. The first-order valence-corrected chi connectivity index (χ1v) is 6.72. The van der Waals surface area contributed by atoms with E-state index in [9.17, 15) is 4.79 Å². The van der Waals surface area contributed by atoms with Crippen molar-refractivity contribution in [2.24, 2.45) is 0 Å². The van der Waals surface area contributed by atoms with Crippen LogP contribution in [0.1, 0.15) is 32.6 Å². The normalized spacial score (nSPS) is 19.7. The van der Waals surface area contributed by atoms with Crippen molar-refractivity contribution < 1.29 is 4.74 Å². The van der Waals surface area contributed by atoms with Crippen LogP contribution in [0.3, 0.4) is 0 Å². The van der Waals surface area contributed by atoms with Crippen molar-refractivity contribution in [1.29, 1.82) is 0 Å². The molecular weight excluding hydrogens is 230 g/mol. The minimum absolute atomic E-state index is 0.0513. The van der Waals surface area contributed by atoms with E-state index < -0.39 is 0 Å². The van der Waals surface area contributed by atoms with Gasteiger partial charge in [-0.1, -0.05) is 0 Å². The van der Waals surface area contributed by atoms with Crippen LogP contribution in [0.5, 0.6) is 0 Å². The zero-order chi connectivity index (χ0) is 12.8. The van der Waals surface area contributed by atoms with Gasteiger partial charge in [0, 0.05) is 32.1 Å². The highest BCUT2D eigenvalue weighted by Gasteiger charge is 2.13. The summed E-state index contributed by atoms with van der Waals surface area (Å²) in [7, 11) is 0. The Bertz CT molecular complexity index is 424. The molecule has 0 aromatic carbocycles. The van der Waals surface area contributed by atoms with Crippen LogP contribution in [0.4, 0.5) is 5.82 Å². The van der Waals surface area contributed by atoms with E-state index in [4.69, 9.17) is 4.74 Å². The third-order valence-electron chi connectivity index (χ3n) is 3.29. The Morgan fingerprint density at radius 3 is 3.17 bits per heavy atom. The van der Waals surface area contributed by atoms with Crippen LogP contribution in [0.25, 0.3) is 0 Å². The molecule has 1 saturated heterocycles. The Morgan fingerprint density at radius 2 is 2.44 bits per heavy atom. The lowest BCUT2D eigenvalue weighted by atomic mass is 10.1. The molecule has 1 atom stereocenters. The molecule has 5 heteroatoms. The molecule has 1 aromatic heterocycles. The maximum atomic E-state index is 11.9. The fourth-order valence-corrected chi connectivity index (χ4v) is 2.20. The summed E-state index contributed by atoms with van der Waals surface area (Å²) >= 11 is 0. The van der Waals surface area contributed by atoms with E-state index in [1.807, 2.05) is 6.92 Å². The van der Waals surface area contributed by atoms with Crippen molar-refractivity contribution in [3.63, 3.8) is 0 Å². The third kappa shape index (κ3) is 3.32. The van der Waals surface area contributed by atoms with E-state index >= 15 is 0 Å². The van der Waals surface area contributed by atoms with Crippen molar-refractivity contribution in [2.75, 3.05) is 18.5 Å². The summed E-state index contributed by atoms with van der Waals surface area (Å²) in [6.07, 6.45) is 8.18. The summed E-state index contributed by atoms with van der Waals surface area (Å²) in [5.41, 5.74) is -0.0513. The first kappa shape index (κ1) is 13.1. The average Bonchev–Trinajstić information content (AvgIpc) is 2.42. The number of aromatic nitrogens is 2. The van der Waals surface area contributed by atoms with Crippen LogP contribution in [0, 0.1) is 0 Å². The van der Waals surface area contributed by atoms with E-state index in [0.29, 0.717) is 18.5 Å². The maximum absolute atomic E-state index is 11.9. The molecule has 1 unspecified atom stereocenters. The molecule has 100 valence electrons. The monoisotopic (exact) mass is 251 g/mol. The molecule has 0 bridgehead atoms. The lowest BCUT2D eigenvalue weighted by Crippen LogP contribution is -2.26. The summed E-state index contributed by atoms with van der Waals surface area (Å²) in [5, 5.41) is 3.11. The standard InChI is InChI=1S/C13H21N3O2/c1-2-16-9-8-15-12(13(16)17)14-7-6-11-5-3-4-10-18-11/h8-9,11H,2-7,10H2,1H3,(H,14,15). The average molecular weight is 251 g/mol. The molecule has 2 heterocycles. The van der Waals surface area contributed by atoms with Gasteiger partial charge in [0.15, 0.2) is 5.82 Å². The van der Waals surface area contributed by atoms with Crippen LogP contribution in [0.15, 0.2) is 17.2 Å². The van der Waals surface area contributed by atoms with Gasteiger partial charge in [-0.05, 0) is 32.6 Å². The van der Waals surface area contributed by atoms with Crippen LogP contribution in [-0.2, 0) is 11.3 Å². The van der Waals surface area contributed by atoms with Crippen molar-refractivity contribution in [1.82, 2.24) is 9.55 Å². The molecule has 0 radical (unpaired) electrons. The molecule has 1 aliphatic rings. The number of rotatable bonds is 5. The van der Waals surface area contributed by atoms with Crippen LogP contribution < -0.4 is 10.9 Å². The number of anilines is 1. The first-order valence-electron chi connectivity index (χ1n) is 6.72. The first-order chi connectivity index (χ1) is 8.81. The highest BCUT2D eigenvalue weighted by molar-refractivity contribution is 5.30. The minimum Gasteiger partial charge on any atom is -0.378 e. The number of ether oxygens (including phenoxy) is 1. The number of nitrogens with one attached hydrogen (secondary N) is 1. The van der Waals surface area contributed by atoms with Gasteiger partial charge in [-0.2, -0.15) is 0 Å². The molecule has 2 rings (SSSR count). The number of nitrogens with zero attached hydrogens (tertiary/aromatic N) is 2. The second kappa shape index (κ2) is 6.54. The summed E-state index contributed by atoms with van der Waals surface area (Å²) in [6, 6.07) is 0. The number of hydrogen-bond donors (Lipinski definition) is 1. The topological polar surface area (TPSA) is 56.1 Å². The van der Waals surface area contributed by atoms with Crippen molar-refractivity contribution >= 4 is 5.82 Å². The second-order valence-corrected chi connectivity index (χ2v) is 4.57. The second-order valence-electron chi connectivity index (χ2n) is 4.57. The molecule has 18 heavy (non-hydrogen) atoms. The van der Waals surface area contributed by atoms with E-state index in [1.54, 1.807) is 17.0 Å². The summed E-state index contributed by atoms with van der Waals surface area (Å²) in [5.74, 6) is 0.440. The van der Waals surface area contributed by atoms with Gasteiger partial charge >= 0.3 is 0 Å². The van der Waals surface area contributed by atoms with Gasteiger partial charge in [-0.25, -0.2) is 4.98 Å². The molecule has 1 N–H and O–H groups in total.